The Bertz CT molecular complexity index is 604. The molecule has 106 valence electrons. The second-order valence-corrected chi connectivity index (χ2v) is 5.93. The number of aromatic nitrogens is 2. The highest BCUT2D eigenvalue weighted by Gasteiger charge is 2.18. The van der Waals surface area contributed by atoms with Gasteiger partial charge in [0.15, 0.2) is 5.13 Å². The molecular weight excluding hydrogens is 276 g/mol. The first-order chi connectivity index (χ1) is 9.63. The lowest BCUT2D eigenvalue weighted by Gasteiger charge is -2.09. The average Bonchev–Trinajstić information content (AvgIpc) is 2.96. The maximum atomic E-state index is 12.1. The van der Waals surface area contributed by atoms with Crippen molar-refractivity contribution in [3.05, 3.63) is 27.6 Å². The smallest absolute Gasteiger partial charge is 0.230 e. The van der Waals surface area contributed by atoms with Crippen molar-refractivity contribution in [1.29, 1.82) is 0 Å². The monoisotopic (exact) mass is 292 g/mol. The molecule has 0 unspecified atom stereocenters. The highest BCUT2D eigenvalue weighted by atomic mass is 32.1. The molecule has 0 fully saturated rings. The molecule has 2 aromatic heterocycles. The van der Waals surface area contributed by atoms with Gasteiger partial charge in [0.25, 0.3) is 0 Å². The van der Waals surface area contributed by atoms with Crippen LogP contribution in [0.2, 0.25) is 0 Å². The van der Waals surface area contributed by atoms with Crippen LogP contribution < -0.4 is 10.6 Å². The number of nitrogens with one attached hydrogen (secondary N) is 2. The Hall–Kier alpha value is -1.73. The van der Waals surface area contributed by atoms with Gasteiger partial charge in [0, 0.05) is 30.0 Å². The van der Waals surface area contributed by atoms with E-state index in [1.54, 1.807) is 11.3 Å². The molecule has 0 radical (unpaired) electrons. The number of thiazole rings is 1. The second kappa shape index (κ2) is 5.34. The number of amides is 1. The van der Waals surface area contributed by atoms with Gasteiger partial charge in [0.1, 0.15) is 5.76 Å². The number of rotatable bonds is 3. The Morgan fingerprint density at radius 3 is 3.05 bits per heavy atom. The van der Waals surface area contributed by atoms with E-state index in [9.17, 15) is 4.79 Å². The highest BCUT2D eigenvalue weighted by Crippen LogP contribution is 2.25. The molecule has 1 aliphatic rings. The van der Waals surface area contributed by atoms with Crippen molar-refractivity contribution in [2.24, 2.45) is 0 Å². The SMILES string of the molecule is Cc1noc(C)c1CC(=O)Nc1nc2c(s1)CNCC2. The average molecular weight is 292 g/mol. The zero-order valence-electron chi connectivity index (χ0n) is 11.4. The Kier molecular flexibility index (Phi) is 3.54. The number of hydrogen-bond acceptors (Lipinski definition) is 6. The van der Waals surface area contributed by atoms with Crippen molar-refractivity contribution in [3.8, 4) is 0 Å². The summed E-state index contributed by atoms with van der Waals surface area (Å²) < 4.78 is 5.06. The largest absolute Gasteiger partial charge is 0.361 e. The highest BCUT2D eigenvalue weighted by molar-refractivity contribution is 7.15. The molecule has 0 aliphatic carbocycles. The summed E-state index contributed by atoms with van der Waals surface area (Å²) in [6, 6.07) is 0. The van der Waals surface area contributed by atoms with Crippen molar-refractivity contribution in [1.82, 2.24) is 15.5 Å². The Morgan fingerprint density at radius 2 is 2.35 bits per heavy atom. The first kappa shape index (κ1) is 13.3. The fourth-order valence-corrected chi connectivity index (χ4v) is 3.25. The lowest BCUT2D eigenvalue weighted by molar-refractivity contribution is -0.115. The fourth-order valence-electron chi connectivity index (χ4n) is 2.26. The maximum Gasteiger partial charge on any atom is 0.230 e. The van der Waals surface area contributed by atoms with Crippen molar-refractivity contribution in [3.63, 3.8) is 0 Å². The van der Waals surface area contributed by atoms with E-state index in [0.717, 1.165) is 36.5 Å². The summed E-state index contributed by atoms with van der Waals surface area (Å²) >= 11 is 1.54. The van der Waals surface area contributed by atoms with Gasteiger partial charge in [-0.05, 0) is 13.8 Å². The van der Waals surface area contributed by atoms with Crippen LogP contribution in [0.25, 0.3) is 0 Å². The van der Waals surface area contributed by atoms with Crippen molar-refractivity contribution in [2.45, 2.75) is 33.2 Å². The quantitative estimate of drug-likeness (QED) is 0.897. The van der Waals surface area contributed by atoms with Gasteiger partial charge in [-0.2, -0.15) is 0 Å². The number of nitrogens with zero attached hydrogens (tertiary/aromatic N) is 2. The van der Waals surface area contributed by atoms with Crippen LogP contribution >= 0.6 is 11.3 Å². The molecule has 2 aromatic rings. The molecule has 0 atom stereocenters. The standard InChI is InChI=1S/C13H16N4O2S/c1-7-9(8(2)19-17-7)5-12(18)16-13-15-10-3-4-14-6-11(10)20-13/h14H,3-6H2,1-2H3,(H,15,16,18). The zero-order valence-corrected chi connectivity index (χ0v) is 12.3. The van der Waals surface area contributed by atoms with Crippen LogP contribution in [0.15, 0.2) is 4.52 Å². The van der Waals surface area contributed by atoms with Gasteiger partial charge in [-0.1, -0.05) is 5.16 Å². The van der Waals surface area contributed by atoms with Crippen LogP contribution in [-0.4, -0.2) is 22.6 Å². The summed E-state index contributed by atoms with van der Waals surface area (Å²) in [6.07, 6.45) is 1.19. The van der Waals surface area contributed by atoms with Crippen LogP contribution in [0.1, 0.15) is 27.6 Å². The summed E-state index contributed by atoms with van der Waals surface area (Å²) in [5.74, 6) is 0.610. The zero-order chi connectivity index (χ0) is 14.1. The Balaban J connectivity index is 1.68. The lowest BCUT2D eigenvalue weighted by Crippen LogP contribution is -2.22. The van der Waals surface area contributed by atoms with Gasteiger partial charge in [0.05, 0.1) is 17.8 Å². The van der Waals surface area contributed by atoms with E-state index >= 15 is 0 Å². The molecule has 7 heteroatoms. The molecule has 1 aliphatic heterocycles. The summed E-state index contributed by atoms with van der Waals surface area (Å²) in [6.45, 7) is 5.44. The van der Waals surface area contributed by atoms with Gasteiger partial charge in [-0.25, -0.2) is 4.98 Å². The number of anilines is 1. The summed E-state index contributed by atoms with van der Waals surface area (Å²) in [5.41, 5.74) is 2.71. The minimum Gasteiger partial charge on any atom is -0.361 e. The minimum atomic E-state index is -0.0848. The van der Waals surface area contributed by atoms with Gasteiger partial charge in [-0.15, -0.1) is 11.3 Å². The molecule has 2 N–H and O–H groups in total. The van der Waals surface area contributed by atoms with Crippen LogP contribution in [0.5, 0.6) is 0 Å². The van der Waals surface area contributed by atoms with E-state index < -0.39 is 0 Å². The summed E-state index contributed by atoms with van der Waals surface area (Å²) in [7, 11) is 0. The molecule has 6 nitrogen and oxygen atoms in total. The van der Waals surface area contributed by atoms with E-state index in [0.29, 0.717) is 10.9 Å². The molecule has 1 amide bonds. The number of carbonyl (C=O) groups excluding carboxylic acids is 1. The summed E-state index contributed by atoms with van der Waals surface area (Å²) in [5, 5.41) is 10.7. The second-order valence-electron chi connectivity index (χ2n) is 4.84. The topological polar surface area (TPSA) is 80.1 Å². The van der Waals surface area contributed by atoms with Gasteiger partial charge in [-0.3, -0.25) is 4.79 Å². The van der Waals surface area contributed by atoms with E-state index in [1.807, 2.05) is 13.8 Å². The molecular formula is C13H16N4O2S. The molecule has 0 aromatic carbocycles. The van der Waals surface area contributed by atoms with Gasteiger partial charge >= 0.3 is 0 Å². The first-order valence-electron chi connectivity index (χ1n) is 6.54. The number of fused-ring (bicyclic) bond motifs is 1. The third-order valence-corrected chi connectivity index (χ3v) is 4.38. The molecule has 0 saturated heterocycles. The maximum absolute atomic E-state index is 12.1. The van der Waals surface area contributed by atoms with Crippen molar-refractivity contribution < 1.29 is 9.32 Å². The number of carbonyl (C=O) groups is 1. The van der Waals surface area contributed by atoms with Gasteiger partial charge in [0.2, 0.25) is 5.91 Å². The van der Waals surface area contributed by atoms with E-state index in [-0.39, 0.29) is 12.3 Å². The molecule has 3 heterocycles. The van der Waals surface area contributed by atoms with E-state index in [4.69, 9.17) is 4.52 Å². The third kappa shape index (κ3) is 2.59. The van der Waals surface area contributed by atoms with Crippen LogP contribution in [-0.2, 0) is 24.2 Å². The van der Waals surface area contributed by atoms with Crippen LogP contribution in [0, 0.1) is 13.8 Å². The molecule has 0 spiro atoms. The van der Waals surface area contributed by atoms with Crippen molar-refractivity contribution in [2.75, 3.05) is 11.9 Å². The molecule has 20 heavy (non-hydrogen) atoms. The third-order valence-electron chi connectivity index (χ3n) is 3.37. The molecule has 0 saturated carbocycles. The number of hydrogen-bond donors (Lipinski definition) is 2. The minimum absolute atomic E-state index is 0.0848. The van der Waals surface area contributed by atoms with Crippen LogP contribution in [0.3, 0.4) is 0 Å². The molecule has 0 bridgehead atoms. The Labute approximate surface area is 120 Å². The first-order valence-corrected chi connectivity index (χ1v) is 7.36. The van der Waals surface area contributed by atoms with E-state index in [2.05, 4.69) is 20.8 Å². The Morgan fingerprint density at radius 1 is 1.50 bits per heavy atom. The van der Waals surface area contributed by atoms with E-state index in [1.165, 1.54) is 4.88 Å². The predicted octanol–water partition coefficient (Wildman–Crippen LogP) is 1.57. The number of aryl methyl sites for hydroxylation is 2. The van der Waals surface area contributed by atoms with Crippen LogP contribution in [0.4, 0.5) is 5.13 Å². The normalized spacial score (nSPS) is 14.1. The fraction of sp³-hybridized carbons (Fsp3) is 0.462. The van der Waals surface area contributed by atoms with Gasteiger partial charge < -0.3 is 15.2 Å². The summed E-state index contributed by atoms with van der Waals surface area (Å²) in [4.78, 5) is 17.8. The molecule has 3 rings (SSSR count). The van der Waals surface area contributed by atoms with Crippen molar-refractivity contribution >= 4 is 22.4 Å². The lowest BCUT2D eigenvalue weighted by atomic mass is 10.1. The predicted molar refractivity (Wildman–Crippen MR) is 75.8 cm³/mol.